The van der Waals surface area contributed by atoms with Gasteiger partial charge in [-0.05, 0) is 48.7 Å². The van der Waals surface area contributed by atoms with Crippen LogP contribution in [0.25, 0.3) is 28.3 Å². The fourth-order valence-electron chi connectivity index (χ4n) is 2.94. The van der Waals surface area contributed by atoms with Crippen LogP contribution in [0.1, 0.15) is 17.0 Å². The van der Waals surface area contributed by atoms with Crippen LogP contribution in [0.3, 0.4) is 0 Å². The van der Waals surface area contributed by atoms with Gasteiger partial charge in [-0.3, -0.25) is 4.98 Å². The number of rotatable bonds is 3. The molecule has 1 heterocycles. The van der Waals surface area contributed by atoms with Crippen molar-refractivity contribution < 1.29 is 8.78 Å². The third kappa shape index (κ3) is 3.20. The van der Waals surface area contributed by atoms with Gasteiger partial charge in [-0.2, -0.15) is 0 Å². The zero-order valence-electron chi connectivity index (χ0n) is 13.9. The highest BCUT2D eigenvalue weighted by Gasteiger charge is 2.17. The lowest BCUT2D eigenvalue weighted by atomic mass is 9.90. The molecule has 0 unspecified atom stereocenters. The smallest absolute Gasteiger partial charge is 0.144 e. The van der Waals surface area contributed by atoms with Crippen molar-refractivity contribution >= 4 is 17.7 Å². The average molecular weight is 356 g/mol. The van der Waals surface area contributed by atoms with Crippen LogP contribution in [-0.2, 0) is 0 Å². The summed E-state index contributed by atoms with van der Waals surface area (Å²) in [6.45, 7) is 7.50. The van der Waals surface area contributed by atoms with Gasteiger partial charge >= 0.3 is 0 Å². The van der Waals surface area contributed by atoms with Crippen LogP contribution in [0, 0.1) is 25.5 Å². The molecule has 0 amide bonds. The maximum atomic E-state index is 14.5. The van der Waals surface area contributed by atoms with Crippen molar-refractivity contribution in [2.24, 2.45) is 0 Å². The van der Waals surface area contributed by atoms with E-state index in [1.165, 1.54) is 6.07 Å². The molecule has 1 aromatic heterocycles. The molecule has 0 aliphatic carbocycles. The third-order valence-electron chi connectivity index (χ3n) is 4.16. The largest absolute Gasteiger partial charge is 0.253 e. The summed E-state index contributed by atoms with van der Waals surface area (Å²) in [6.07, 6.45) is 1.67. The number of aryl methyl sites for hydroxylation is 2. The van der Waals surface area contributed by atoms with Crippen molar-refractivity contribution in [2.75, 3.05) is 0 Å². The van der Waals surface area contributed by atoms with Crippen molar-refractivity contribution in [1.82, 2.24) is 4.98 Å². The van der Waals surface area contributed by atoms with Gasteiger partial charge < -0.3 is 0 Å². The number of hydrogen-bond donors (Lipinski definition) is 0. The Bertz CT molecular complexity index is 980. The van der Waals surface area contributed by atoms with Gasteiger partial charge in [0.25, 0.3) is 0 Å². The van der Waals surface area contributed by atoms with Crippen LogP contribution < -0.4 is 0 Å². The van der Waals surface area contributed by atoms with E-state index in [1.807, 2.05) is 44.2 Å². The molecule has 0 saturated heterocycles. The lowest BCUT2D eigenvalue weighted by Gasteiger charge is -2.16. The maximum Gasteiger partial charge on any atom is 0.144 e. The SMILES string of the molecule is C=Cc1ccc(-c2cccc(C)c2-c2cc(Cl)c(F)cc2F)c(C)n1. The maximum absolute atomic E-state index is 14.5. The summed E-state index contributed by atoms with van der Waals surface area (Å²) in [4.78, 5) is 4.49. The minimum absolute atomic E-state index is 0.109. The monoisotopic (exact) mass is 355 g/mol. The molecule has 25 heavy (non-hydrogen) atoms. The number of hydrogen-bond acceptors (Lipinski definition) is 1. The molecule has 0 fully saturated rings. The van der Waals surface area contributed by atoms with E-state index < -0.39 is 11.6 Å². The highest BCUT2D eigenvalue weighted by molar-refractivity contribution is 6.31. The highest BCUT2D eigenvalue weighted by Crippen LogP contribution is 2.38. The Hall–Kier alpha value is -2.52. The molecular weight excluding hydrogens is 340 g/mol. The van der Waals surface area contributed by atoms with Crippen molar-refractivity contribution in [3.63, 3.8) is 0 Å². The van der Waals surface area contributed by atoms with Crippen molar-refractivity contribution in [2.45, 2.75) is 13.8 Å². The number of nitrogens with zero attached hydrogens (tertiary/aromatic N) is 1. The summed E-state index contributed by atoms with van der Waals surface area (Å²) >= 11 is 5.89. The van der Waals surface area contributed by atoms with E-state index in [0.29, 0.717) is 5.56 Å². The molecule has 0 bridgehead atoms. The van der Waals surface area contributed by atoms with Gasteiger partial charge in [-0.25, -0.2) is 8.78 Å². The summed E-state index contributed by atoms with van der Waals surface area (Å²) in [5.41, 5.74) is 5.09. The van der Waals surface area contributed by atoms with Crippen LogP contribution in [-0.4, -0.2) is 4.98 Å². The fraction of sp³-hybridized carbons (Fsp3) is 0.0952. The van der Waals surface area contributed by atoms with Crippen LogP contribution in [0.5, 0.6) is 0 Å². The van der Waals surface area contributed by atoms with Crippen LogP contribution in [0.4, 0.5) is 8.78 Å². The molecule has 0 atom stereocenters. The Morgan fingerprint density at radius 1 is 0.960 bits per heavy atom. The summed E-state index contributed by atoms with van der Waals surface area (Å²) in [7, 11) is 0. The summed E-state index contributed by atoms with van der Waals surface area (Å²) in [5, 5.41) is -0.109. The van der Waals surface area contributed by atoms with E-state index in [1.54, 1.807) is 6.08 Å². The van der Waals surface area contributed by atoms with Gasteiger partial charge in [0.05, 0.1) is 10.7 Å². The number of pyridine rings is 1. The first-order valence-electron chi connectivity index (χ1n) is 7.77. The van der Waals surface area contributed by atoms with Gasteiger partial charge in [-0.1, -0.05) is 42.4 Å². The molecule has 2 aromatic carbocycles. The topological polar surface area (TPSA) is 12.9 Å². The van der Waals surface area contributed by atoms with Gasteiger partial charge in [0.1, 0.15) is 11.6 Å². The van der Waals surface area contributed by atoms with E-state index in [4.69, 9.17) is 11.6 Å². The first-order chi connectivity index (χ1) is 11.9. The van der Waals surface area contributed by atoms with Gasteiger partial charge in [0, 0.05) is 22.9 Å². The molecule has 3 rings (SSSR count). The second-order valence-electron chi connectivity index (χ2n) is 5.82. The molecule has 0 spiro atoms. The molecule has 0 aliphatic rings. The Kier molecular flexibility index (Phi) is 4.69. The molecule has 4 heteroatoms. The van der Waals surface area contributed by atoms with Crippen LogP contribution >= 0.6 is 11.6 Å². The molecule has 3 aromatic rings. The van der Waals surface area contributed by atoms with Gasteiger partial charge in [0.2, 0.25) is 0 Å². The number of benzene rings is 2. The van der Waals surface area contributed by atoms with E-state index in [2.05, 4.69) is 11.6 Å². The molecule has 0 saturated carbocycles. The standard InChI is InChI=1S/C21H16ClF2N/c1-4-14-8-9-15(13(3)25-14)16-7-5-6-12(2)21(16)17-10-18(22)20(24)11-19(17)23/h4-11H,1H2,2-3H3. The van der Waals surface area contributed by atoms with Crippen LogP contribution in [0.15, 0.2) is 49.0 Å². The number of halogens is 3. The normalized spacial score (nSPS) is 10.8. The van der Waals surface area contributed by atoms with E-state index in [0.717, 1.165) is 34.1 Å². The lowest BCUT2D eigenvalue weighted by Crippen LogP contribution is -1.96. The molecule has 0 radical (unpaired) electrons. The minimum Gasteiger partial charge on any atom is -0.253 e. The average Bonchev–Trinajstić information content (AvgIpc) is 2.58. The summed E-state index contributed by atoms with van der Waals surface area (Å²) < 4.78 is 28.0. The molecule has 0 aliphatic heterocycles. The lowest BCUT2D eigenvalue weighted by molar-refractivity contribution is 0.586. The second kappa shape index (κ2) is 6.77. The molecule has 0 N–H and O–H groups in total. The first kappa shape index (κ1) is 17.3. The predicted molar refractivity (Wildman–Crippen MR) is 99.6 cm³/mol. The van der Waals surface area contributed by atoms with Crippen LogP contribution in [0.2, 0.25) is 5.02 Å². The van der Waals surface area contributed by atoms with E-state index in [-0.39, 0.29) is 10.6 Å². The second-order valence-corrected chi connectivity index (χ2v) is 6.22. The quantitative estimate of drug-likeness (QED) is 0.482. The molecule has 126 valence electrons. The molecular formula is C21H16ClF2N. The third-order valence-corrected chi connectivity index (χ3v) is 4.45. The Morgan fingerprint density at radius 3 is 2.40 bits per heavy atom. The minimum atomic E-state index is -0.772. The van der Waals surface area contributed by atoms with Crippen molar-refractivity contribution in [1.29, 1.82) is 0 Å². The van der Waals surface area contributed by atoms with Crippen molar-refractivity contribution in [3.05, 3.63) is 82.7 Å². The zero-order chi connectivity index (χ0) is 18.1. The summed E-state index contributed by atoms with van der Waals surface area (Å²) in [6, 6.07) is 11.6. The van der Waals surface area contributed by atoms with Gasteiger partial charge in [0.15, 0.2) is 0 Å². The first-order valence-corrected chi connectivity index (χ1v) is 8.15. The number of aromatic nitrogens is 1. The molecule has 1 nitrogen and oxygen atoms in total. The summed E-state index contributed by atoms with van der Waals surface area (Å²) in [5.74, 6) is -1.42. The Labute approximate surface area is 150 Å². The fourth-order valence-corrected chi connectivity index (χ4v) is 3.11. The van der Waals surface area contributed by atoms with Crippen molar-refractivity contribution in [3.8, 4) is 22.3 Å². The Balaban J connectivity index is 2.30. The Morgan fingerprint density at radius 2 is 1.72 bits per heavy atom. The highest BCUT2D eigenvalue weighted by atomic mass is 35.5. The van der Waals surface area contributed by atoms with E-state index in [9.17, 15) is 8.78 Å². The van der Waals surface area contributed by atoms with E-state index >= 15 is 0 Å². The zero-order valence-corrected chi connectivity index (χ0v) is 14.7. The van der Waals surface area contributed by atoms with Gasteiger partial charge in [-0.15, -0.1) is 0 Å². The predicted octanol–water partition coefficient (Wildman–Crippen LogP) is 6.61.